The van der Waals surface area contributed by atoms with E-state index in [1.165, 1.54) is 24.4 Å². The van der Waals surface area contributed by atoms with Crippen LogP contribution in [-0.4, -0.2) is 113 Å². The van der Waals surface area contributed by atoms with Gasteiger partial charge in [0.25, 0.3) is 11.8 Å². The van der Waals surface area contributed by atoms with Crippen molar-refractivity contribution in [1.29, 1.82) is 0 Å². The first-order valence-corrected chi connectivity index (χ1v) is 23.5. The molecule has 0 radical (unpaired) electrons. The van der Waals surface area contributed by atoms with Gasteiger partial charge in [-0.15, -0.1) is 0 Å². The van der Waals surface area contributed by atoms with E-state index in [1.54, 1.807) is 42.5 Å². The number of anilines is 1. The van der Waals surface area contributed by atoms with Crippen LogP contribution in [0.3, 0.4) is 0 Å². The second-order valence-corrected chi connectivity index (χ2v) is 16.8. The van der Waals surface area contributed by atoms with Crippen molar-refractivity contribution in [3.63, 3.8) is 0 Å². The Labute approximate surface area is 402 Å². The molecule has 0 aromatic heterocycles. The van der Waals surface area contributed by atoms with Crippen LogP contribution in [0.2, 0.25) is 5.02 Å². The van der Waals surface area contributed by atoms with Gasteiger partial charge in [0.15, 0.2) is 0 Å². The normalized spacial score (nSPS) is 14.9. The van der Waals surface area contributed by atoms with Gasteiger partial charge in [-0.25, -0.2) is 13.8 Å². The number of nitrogens with one attached hydrogen (secondary N) is 3. The zero-order valence-corrected chi connectivity index (χ0v) is 39.5. The van der Waals surface area contributed by atoms with Crippen molar-refractivity contribution in [3.8, 4) is 0 Å². The standard InChI is InChI=1S/C52H60ClF2N7O6/c1-4-10-35(2)62-34-43-41(52(62)65)11-8-14-46(43)61-47(63)15-6-5-7-22-57-23-25-66-27-29-68-30-28-67-26-24-58-51(64)36-16-19-39(20-17-36)60-49-37(32-56-3)33-59-50(42-31-38(53)18-21-40(42)49)48-44(54)12-9-13-45(48)55/h8-9,11-14,16-21,31-32,35,57H,3-7,10,15,22-30,33-34H2,1-2H3,(H,58,64)(H,61,63)/b37-32-,60-49+. The smallest absolute Gasteiger partial charge is 0.254 e. The number of nitrogens with zero attached hydrogens (tertiary/aromatic N) is 4. The van der Waals surface area contributed by atoms with Gasteiger partial charge in [-0.2, -0.15) is 0 Å². The Hall–Kier alpha value is -5.97. The number of rotatable bonds is 26. The van der Waals surface area contributed by atoms with E-state index >= 15 is 0 Å². The molecule has 2 aliphatic heterocycles. The van der Waals surface area contributed by atoms with Crippen LogP contribution >= 0.6 is 11.6 Å². The van der Waals surface area contributed by atoms with Crippen LogP contribution in [0.5, 0.6) is 0 Å². The summed E-state index contributed by atoms with van der Waals surface area (Å²) < 4.78 is 46.8. The number of unbranched alkanes of at least 4 members (excludes halogenated alkanes) is 2. The SMILES string of the molecule is C=N/C=C1/CN=C(c2c(F)cccc2F)c2cc(Cl)ccc2/C1=N/c1ccc(C(=O)NCCOCCOCCOCCNCCCCCC(=O)Nc2cccc3c2CN(C(C)CCC)C3=O)cc1. The monoisotopic (exact) mass is 951 g/mol. The number of carbonyl (C=O) groups excluding carboxylic acids is 3. The Morgan fingerprint density at radius 3 is 2.29 bits per heavy atom. The van der Waals surface area contributed by atoms with E-state index < -0.39 is 11.6 Å². The molecule has 2 aliphatic rings. The van der Waals surface area contributed by atoms with Gasteiger partial charge < -0.3 is 35.1 Å². The molecule has 1 unspecified atom stereocenters. The van der Waals surface area contributed by atoms with E-state index in [1.807, 2.05) is 23.1 Å². The summed E-state index contributed by atoms with van der Waals surface area (Å²) in [4.78, 5) is 53.7. The van der Waals surface area contributed by atoms with Crippen molar-refractivity contribution < 1.29 is 37.4 Å². The third-order valence-electron chi connectivity index (χ3n) is 11.5. The molecule has 16 heteroatoms. The van der Waals surface area contributed by atoms with Crippen molar-refractivity contribution in [2.45, 2.75) is 65.0 Å². The number of hydrogen-bond donors (Lipinski definition) is 3. The Morgan fingerprint density at radius 2 is 1.57 bits per heavy atom. The zero-order valence-electron chi connectivity index (χ0n) is 38.8. The molecule has 0 saturated heterocycles. The summed E-state index contributed by atoms with van der Waals surface area (Å²) in [5.41, 5.74) is 5.12. The summed E-state index contributed by atoms with van der Waals surface area (Å²) >= 11 is 6.37. The molecule has 13 nitrogen and oxygen atoms in total. The summed E-state index contributed by atoms with van der Waals surface area (Å²) in [6, 6.07) is 21.1. The quantitative estimate of drug-likeness (QED) is 0.0420. The highest BCUT2D eigenvalue weighted by Crippen LogP contribution is 2.33. The second-order valence-electron chi connectivity index (χ2n) is 16.4. The maximum Gasteiger partial charge on any atom is 0.254 e. The van der Waals surface area contributed by atoms with Crippen molar-refractivity contribution in [3.05, 3.63) is 141 Å². The minimum Gasteiger partial charge on any atom is -0.378 e. The van der Waals surface area contributed by atoms with Gasteiger partial charge in [0, 0.05) is 82.4 Å². The fraction of sp³-hybridized carbons (Fsp3) is 0.385. The largest absolute Gasteiger partial charge is 0.378 e. The zero-order chi connectivity index (χ0) is 48.3. The number of ether oxygens (including phenoxy) is 3. The number of aliphatic imine (C=N–C) groups is 3. The number of benzene rings is 4. The van der Waals surface area contributed by atoms with Crippen LogP contribution in [0, 0.1) is 11.6 Å². The Morgan fingerprint density at radius 1 is 0.868 bits per heavy atom. The number of fused-ring (bicyclic) bond motifs is 2. The first kappa shape index (κ1) is 51.4. The predicted molar refractivity (Wildman–Crippen MR) is 264 cm³/mol. The van der Waals surface area contributed by atoms with Gasteiger partial charge in [-0.3, -0.25) is 24.4 Å². The molecule has 3 amide bonds. The van der Waals surface area contributed by atoms with Crippen LogP contribution in [-0.2, 0) is 25.5 Å². The predicted octanol–water partition coefficient (Wildman–Crippen LogP) is 8.89. The van der Waals surface area contributed by atoms with E-state index in [2.05, 4.69) is 46.5 Å². The topological polar surface area (TPSA) is 155 Å². The van der Waals surface area contributed by atoms with Gasteiger partial charge in [0.05, 0.1) is 68.9 Å². The van der Waals surface area contributed by atoms with Crippen molar-refractivity contribution >= 4 is 58.8 Å². The molecule has 0 spiro atoms. The first-order valence-electron chi connectivity index (χ1n) is 23.2. The highest BCUT2D eigenvalue weighted by atomic mass is 35.5. The molecule has 3 N–H and O–H groups in total. The molecule has 0 fully saturated rings. The van der Waals surface area contributed by atoms with Gasteiger partial charge in [-0.05, 0) is 100 Å². The number of carbonyl (C=O) groups is 3. The third-order valence-corrected chi connectivity index (χ3v) is 11.7. The first-order chi connectivity index (χ1) is 33.1. The Balaban J connectivity index is 0.799. The van der Waals surface area contributed by atoms with Crippen LogP contribution in [0.15, 0.2) is 106 Å². The summed E-state index contributed by atoms with van der Waals surface area (Å²) in [7, 11) is 0. The lowest BCUT2D eigenvalue weighted by atomic mass is 9.93. The number of hydrogen-bond acceptors (Lipinski definition) is 10. The number of halogens is 3. The van der Waals surface area contributed by atoms with Gasteiger partial charge in [0.2, 0.25) is 5.91 Å². The van der Waals surface area contributed by atoms with Crippen molar-refractivity contribution in [2.24, 2.45) is 15.0 Å². The molecular weight excluding hydrogens is 892 g/mol. The number of amides is 3. The van der Waals surface area contributed by atoms with E-state index in [0.717, 1.165) is 56.4 Å². The Bertz CT molecular complexity index is 2460. The van der Waals surface area contributed by atoms with Crippen LogP contribution in [0.1, 0.15) is 95.3 Å². The molecular formula is C52H60ClF2N7O6. The summed E-state index contributed by atoms with van der Waals surface area (Å²) in [5.74, 6) is -1.77. The fourth-order valence-corrected chi connectivity index (χ4v) is 8.16. The molecule has 360 valence electrons. The molecule has 4 aromatic carbocycles. The maximum absolute atomic E-state index is 15.0. The van der Waals surface area contributed by atoms with Crippen molar-refractivity contribution in [2.75, 3.05) is 71.1 Å². The summed E-state index contributed by atoms with van der Waals surface area (Å²) in [5, 5.41) is 9.61. The molecule has 0 aliphatic carbocycles. The maximum atomic E-state index is 15.0. The van der Waals surface area contributed by atoms with Crippen LogP contribution < -0.4 is 16.0 Å². The molecule has 1 atom stereocenters. The van der Waals surface area contributed by atoms with Gasteiger partial charge >= 0.3 is 0 Å². The summed E-state index contributed by atoms with van der Waals surface area (Å²) in [6.07, 6.45) is 6.58. The van der Waals surface area contributed by atoms with E-state index in [0.29, 0.717) is 103 Å². The molecule has 0 saturated carbocycles. The van der Waals surface area contributed by atoms with E-state index in [9.17, 15) is 23.2 Å². The highest BCUT2D eigenvalue weighted by molar-refractivity contribution is 6.32. The minimum atomic E-state index is -0.755. The third kappa shape index (κ3) is 14.3. The lowest BCUT2D eigenvalue weighted by Gasteiger charge is -2.23. The van der Waals surface area contributed by atoms with Crippen molar-refractivity contribution in [1.82, 2.24) is 15.5 Å². The molecule has 2 heterocycles. The van der Waals surface area contributed by atoms with Crippen LogP contribution in [0.25, 0.3) is 0 Å². The molecule has 68 heavy (non-hydrogen) atoms. The van der Waals surface area contributed by atoms with E-state index in [4.69, 9.17) is 30.8 Å². The van der Waals surface area contributed by atoms with Gasteiger partial charge in [-0.1, -0.05) is 49.6 Å². The highest BCUT2D eigenvalue weighted by Gasteiger charge is 2.32. The minimum absolute atomic E-state index is 0.0201. The molecule has 6 rings (SSSR count). The lowest BCUT2D eigenvalue weighted by Crippen LogP contribution is -2.33. The van der Waals surface area contributed by atoms with E-state index in [-0.39, 0.29) is 41.6 Å². The van der Waals surface area contributed by atoms with Crippen LogP contribution in [0.4, 0.5) is 20.2 Å². The van der Waals surface area contributed by atoms with Gasteiger partial charge in [0.1, 0.15) is 11.6 Å². The Kier molecular flexibility index (Phi) is 20.1. The molecule has 0 bridgehead atoms. The summed E-state index contributed by atoms with van der Waals surface area (Å²) in [6.45, 7) is 12.7. The average molecular weight is 953 g/mol. The second kappa shape index (κ2) is 26.5. The average Bonchev–Trinajstić information content (AvgIpc) is 3.60. The molecule has 4 aromatic rings. The lowest BCUT2D eigenvalue weighted by molar-refractivity contribution is -0.116. The fourth-order valence-electron chi connectivity index (χ4n) is 7.99.